The molecule has 0 amide bonds. The van der Waals surface area contributed by atoms with Crippen molar-refractivity contribution in [1.82, 2.24) is 0 Å². The molecule has 0 saturated carbocycles. The minimum absolute atomic E-state index is 0.332. The summed E-state index contributed by atoms with van der Waals surface area (Å²) >= 11 is 17.4. The van der Waals surface area contributed by atoms with Crippen LogP contribution in [0.5, 0.6) is 5.75 Å². The van der Waals surface area contributed by atoms with Crippen molar-refractivity contribution in [2.24, 2.45) is 0 Å². The highest BCUT2D eigenvalue weighted by molar-refractivity contribution is 6.42. The van der Waals surface area contributed by atoms with Crippen LogP contribution in [0.25, 0.3) is 6.08 Å². The standard InChI is InChI=1S/C15H9Cl3O2/c16-11-4-1-10(2-5-11)3-8-15(19)20-12-6-7-13(17)14(18)9-12/h1-9H/b8-3+. The van der Waals surface area contributed by atoms with Gasteiger partial charge in [0.25, 0.3) is 0 Å². The van der Waals surface area contributed by atoms with Crippen molar-refractivity contribution in [2.75, 3.05) is 0 Å². The molecule has 0 aliphatic rings. The number of rotatable bonds is 3. The summed E-state index contributed by atoms with van der Waals surface area (Å²) in [6.07, 6.45) is 2.96. The maximum absolute atomic E-state index is 11.6. The van der Waals surface area contributed by atoms with Crippen LogP contribution in [-0.2, 0) is 4.79 Å². The fourth-order valence-corrected chi connectivity index (χ4v) is 1.84. The van der Waals surface area contributed by atoms with Crippen LogP contribution in [-0.4, -0.2) is 5.97 Å². The second-order valence-corrected chi connectivity index (χ2v) is 5.13. The van der Waals surface area contributed by atoms with Crippen molar-refractivity contribution < 1.29 is 9.53 Å². The molecule has 0 radical (unpaired) electrons. The van der Waals surface area contributed by atoms with Crippen LogP contribution in [0.4, 0.5) is 0 Å². The van der Waals surface area contributed by atoms with E-state index in [-0.39, 0.29) is 0 Å². The molecule has 2 nitrogen and oxygen atoms in total. The van der Waals surface area contributed by atoms with Gasteiger partial charge >= 0.3 is 5.97 Å². The van der Waals surface area contributed by atoms with E-state index >= 15 is 0 Å². The molecule has 2 aromatic carbocycles. The van der Waals surface area contributed by atoms with Gasteiger partial charge in [-0.15, -0.1) is 0 Å². The topological polar surface area (TPSA) is 26.3 Å². The van der Waals surface area contributed by atoms with Gasteiger partial charge in [0.05, 0.1) is 10.0 Å². The lowest BCUT2D eigenvalue weighted by Gasteiger charge is -2.02. The van der Waals surface area contributed by atoms with E-state index in [0.717, 1.165) is 5.56 Å². The largest absolute Gasteiger partial charge is 0.423 e. The van der Waals surface area contributed by atoms with Gasteiger partial charge < -0.3 is 4.74 Å². The number of carbonyl (C=O) groups excluding carboxylic acids is 1. The van der Waals surface area contributed by atoms with Crippen molar-refractivity contribution in [2.45, 2.75) is 0 Å². The molecule has 0 aliphatic carbocycles. The molecule has 0 N–H and O–H groups in total. The number of hydrogen-bond donors (Lipinski definition) is 0. The number of hydrogen-bond acceptors (Lipinski definition) is 2. The SMILES string of the molecule is O=C(/C=C/c1ccc(Cl)cc1)Oc1ccc(Cl)c(Cl)c1. The van der Waals surface area contributed by atoms with Gasteiger partial charge in [-0.25, -0.2) is 4.79 Å². The molecule has 102 valence electrons. The van der Waals surface area contributed by atoms with E-state index in [4.69, 9.17) is 39.5 Å². The zero-order valence-corrected chi connectivity index (χ0v) is 12.4. The Labute approximate surface area is 131 Å². The van der Waals surface area contributed by atoms with Crippen LogP contribution in [0, 0.1) is 0 Å². The first-order valence-corrected chi connectivity index (χ1v) is 6.78. The second kappa shape index (κ2) is 6.80. The molecule has 0 saturated heterocycles. The molecule has 0 bridgehead atoms. The summed E-state index contributed by atoms with van der Waals surface area (Å²) in [5.41, 5.74) is 0.848. The molecule has 0 fully saturated rings. The van der Waals surface area contributed by atoms with Gasteiger partial charge in [0.15, 0.2) is 0 Å². The number of ether oxygens (including phenoxy) is 1. The summed E-state index contributed by atoms with van der Waals surface area (Å²) in [5, 5.41) is 1.38. The first-order chi connectivity index (χ1) is 9.54. The maximum Gasteiger partial charge on any atom is 0.336 e. The van der Waals surface area contributed by atoms with Gasteiger partial charge in [-0.3, -0.25) is 0 Å². The lowest BCUT2D eigenvalue weighted by Crippen LogP contribution is -2.03. The third-order valence-electron chi connectivity index (χ3n) is 2.39. The molecule has 0 heterocycles. The molecule has 0 aromatic heterocycles. The lowest BCUT2D eigenvalue weighted by molar-refractivity contribution is -0.128. The van der Waals surface area contributed by atoms with Gasteiger partial charge in [-0.1, -0.05) is 46.9 Å². The van der Waals surface area contributed by atoms with Crippen molar-refractivity contribution in [1.29, 1.82) is 0 Å². The zero-order chi connectivity index (χ0) is 14.5. The van der Waals surface area contributed by atoms with Gasteiger partial charge in [-0.2, -0.15) is 0 Å². The summed E-state index contributed by atoms with van der Waals surface area (Å²) < 4.78 is 5.10. The summed E-state index contributed by atoms with van der Waals surface area (Å²) in [6.45, 7) is 0. The van der Waals surface area contributed by atoms with E-state index in [2.05, 4.69) is 0 Å². The lowest BCUT2D eigenvalue weighted by atomic mass is 10.2. The molecule has 0 unspecified atom stereocenters. The molecule has 5 heteroatoms. The number of benzene rings is 2. The fourth-order valence-electron chi connectivity index (χ4n) is 1.43. The zero-order valence-electron chi connectivity index (χ0n) is 10.1. The van der Waals surface area contributed by atoms with E-state index in [1.807, 2.05) is 0 Å². The van der Waals surface area contributed by atoms with Crippen LogP contribution >= 0.6 is 34.8 Å². The monoisotopic (exact) mass is 326 g/mol. The highest BCUT2D eigenvalue weighted by Crippen LogP contribution is 2.26. The van der Waals surface area contributed by atoms with Crippen LogP contribution in [0.2, 0.25) is 15.1 Å². The Kier molecular flexibility index (Phi) is 5.07. The van der Waals surface area contributed by atoms with E-state index in [1.54, 1.807) is 42.5 Å². The summed E-state index contributed by atoms with van der Waals surface area (Å²) in [5.74, 6) is -0.163. The molecule has 0 atom stereocenters. The first-order valence-electron chi connectivity index (χ1n) is 5.65. The van der Waals surface area contributed by atoms with Gasteiger partial charge in [-0.05, 0) is 35.9 Å². The summed E-state index contributed by atoms with van der Waals surface area (Å²) in [4.78, 5) is 11.6. The van der Waals surface area contributed by atoms with E-state index in [1.165, 1.54) is 12.1 Å². The maximum atomic E-state index is 11.6. The normalized spacial score (nSPS) is 10.8. The smallest absolute Gasteiger partial charge is 0.336 e. The van der Waals surface area contributed by atoms with Crippen molar-refractivity contribution in [3.05, 3.63) is 69.2 Å². The Morgan fingerprint density at radius 2 is 1.65 bits per heavy atom. The van der Waals surface area contributed by atoms with Crippen molar-refractivity contribution in [3.8, 4) is 5.75 Å². The number of carbonyl (C=O) groups is 1. The quantitative estimate of drug-likeness (QED) is 0.436. The first kappa shape index (κ1) is 14.9. The van der Waals surface area contributed by atoms with Crippen LogP contribution < -0.4 is 4.74 Å². The Balaban J connectivity index is 2.01. The molecule has 0 aliphatic heterocycles. The molecule has 2 aromatic rings. The molecule has 0 spiro atoms. The van der Waals surface area contributed by atoms with Crippen LogP contribution in [0.1, 0.15) is 5.56 Å². The van der Waals surface area contributed by atoms with Crippen molar-refractivity contribution >= 4 is 46.8 Å². The van der Waals surface area contributed by atoms with Crippen LogP contribution in [0.15, 0.2) is 48.5 Å². The predicted molar refractivity (Wildman–Crippen MR) is 82.6 cm³/mol. The minimum Gasteiger partial charge on any atom is -0.423 e. The highest BCUT2D eigenvalue weighted by atomic mass is 35.5. The summed E-state index contributed by atoms with van der Waals surface area (Å²) in [6, 6.07) is 11.7. The molecular formula is C15H9Cl3O2. The second-order valence-electron chi connectivity index (χ2n) is 3.88. The number of halogens is 3. The Bertz CT molecular complexity index is 649. The van der Waals surface area contributed by atoms with E-state index in [9.17, 15) is 4.79 Å². The van der Waals surface area contributed by atoms with E-state index < -0.39 is 5.97 Å². The Morgan fingerprint density at radius 1 is 0.950 bits per heavy atom. The van der Waals surface area contributed by atoms with Gasteiger partial charge in [0.2, 0.25) is 0 Å². The Morgan fingerprint density at radius 3 is 2.30 bits per heavy atom. The minimum atomic E-state index is -0.502. The van der Waals surface area contributed by atoms with Gasteiger partial charge in [0.1, 0.15) is 5.75 Å². The predicted octanol–water partition coefficient (Wildman–Crippen LogP) is 5.27. The molecule has 20 heavy (non-hydrogen) atoms. The molecule has 2 rings (SSSR count). The third kappa shape index (κ3) is 4.27. The highest BCUT2D eigenvalue weighted by Gasteiger charge is 2.03. The van der Waals surface area contributed by atoms with Crippen molar-refractivity contribution in [3.63, 3.8) is 0 Å². The summed E-state index contributed by atoms with van der Waals surface area (Å²) in [7, 11) is 0. The molecular weight excluding hydrogens is 319 g/mol. The van der Waals surface area contributed by atoms with E-state index in [0.29, 0.717) is 20.8 Å². The Hall–Kier alpha value is -1.48. The average Bonchev–Trinajstić information content (AvgIpc) is 2.42. The fraction of sp³-hybridized carbons (Fsp3) is 0. The third-order valence-corrected chi connectivity index (χ3v) is 3.38. The average molecular weight is 328 g/mol. The number of esters is 1. The van der Waals surface area contributed by atoms with Gasteiger partial charge in [0, 0.05) is 17.2 Å². The van der Waals surface area contributed by atoms with Crippen LogP contribution in [0.3, 0.4) is 0 Å².